The summed E-state index contributed by atoms with van der Waals surface area (Å²) in [4.78, 5) is 18.9. The number of nitrogen functional groups attached to an aromatic ring is 1. The second-order valence-corrected chi connectivity index (χ2v) is 11.0. The normalized spacial score (nSPS) is 22.2. The molecular formula is C27H38N8O3. The van der Waals surface area contributed by atoms with Gasteiger partial charge in [-0.1, -0.05) is 33.8 Å². The quantitative estimate of drug-likeness (QED) is 0.209. The lowest BCUT2D eigenvalue weighted by Gasteiger charge is -2.25. The number of aromatic nitrogens is 5. The Morgan fingerprint density at radius 3 is 2.76 bits per heavy atom. The van der Waals surface area contributed by atoms with E-state index in [4.69, 9.17) is 10.5 Å². The molecule has 6 N–H and O–H groups in total. The Morgan fingerprint density at radius 2 is 2.00 bits per heavy atom. The monoisotopic (exact) mass is 522 g/mol. The summed E-state index contributed by atoms with van der Waals surface area (Å²) in [5, 5.41) is 24.9. The van der Waals surface area contributed by atoms with E-state index in [1.807, 2.05) is 0 Å². The summed E-state index contributed by atoms with van der Waals surface area (Å²) < 4.78 is 7.76. The number of hydrogen-bond acceptors (Lipinski definition) is 9. The Labute approximate surface area is 222 Å². The lowest BCUT2D eigenvalue weighted by molar-refractivity contribution is -0.0437. The number of H-pyrrole nitrogens is 1. The summed E-state index contributed by atoms with van der Waals surface area (Å²) in [5.74, 6) is 0.761. The summed E-state index contributed by atoms with van der Waals surface area (Å²) in [5.41, 5.74) is 10.9. The van der Waals surface area contributed by atoms with E-state index in [1.165, 1.54) is 5.56 Å². The zero-order chi connectivity index (χ0) is 27.0. The molecule has 1 aliphatic heterocycles. The number of fused-ring (bicyclic) bond motifs is 2. The molecule has 11 nitrogen and oxygen atoms in total. The Hall–Kier alpha value is -3.25. The molecule has 4 heterocycles. The summed E-state index contributed by atoms with van der Waals surface area (Å²) in [7, 11) is 0. The first-order valence-corrected chi connectivity index (χ1v) is 13.2. The van der Waals surface area contributed by atoms with Crippen LogP contribution in [-0.4, -0.2) is 84.1 Å². The van der Waals surface area contributed by atoms with Gasteiger partial charge in [0.1, 0.15) is 23.8 Å². The number of hydrogen-bond donors (Lipinski definition) is 5. The van der Waals surface area contributed by atoms with Gasteiger partial charge in [0.2, 0.25) is 5.95 Å². The largest absolute Gasteiger partial charge is 0.397 e. The van der Waals surface area contributed by atoms with Gasteiger partial charge in [-0.25, -0.2) is 15.0 Å². The SMILES string of the molecule is CCN(CCCNc1nc2ccc(C(C)(C)C)cc2[nH]1)C[C@H]1O[C@@H](n2cnc3c(N)ccnc32)[C@H](O)[C@@H]1O. The molecule has 38 heavy (non-hydrogen) atoms. The Bertz CT molecular complexity index is 1390. The standard InChI is InChI=1S/C27H38N8O3/c1-5-34(12-6-10-30-26-32-18-8-7-16(27(2,3)4)13-19(18)33-26)14-20-22(36)23(37)25(38-20)35-15-31-21-17(28)9-11-29-24(21)35/h7-9,11,13,15,20,22-23,25,36-37H,5-6,10,12,14H2,1-4H3,(H2,28,29)(H2,30,32,33)/t20-,22-,23-,25-/m1/s1. The number of nitrogens with one attached hydrogen (secondary N) is 2. The van der Waals surface area contributed by atoms with Crippen LogP contribution in [0.1, 0.15) is 45.9 Å². The summed E-state index contributed by atoms with van der Waals surface area (Å²) in [6.07, 6.45) is 0.541. The molecular weight excluding hydrogens is 484 g/mol. The van der Waals surface area contributed by atoms with Crippen molar-refractivity contribution >= 4 is 33.8 Å². The fourth-order valence-corrected chi connectivity index (χ4v) is 4.95. The number of benzene rings is 1. The fourth-order valence-electron chi connectivity index (χ4n) is 4.95. The predicted octanol–water partition coefficient (Wildman–Crippen LogP) is 2.63. The molecule has 0 radical (unpaired) electrons. The van der Waals surface area contributed by atoms with Crippen LogP contribution in [-0.2, 0) is 10.2 Å². The van der Waals surface area contributed by atoms with E-state index in [0.29, 0.717) is 23.4 Å². The molecule has 0 unspecified atom stereocenters. The number of aliphatic hydroxyl groups is 2. The second kappa shape index (κ2) is 10.5. The highest BCUT2D eigenvalue weighted by molar-refractivity contribution is 5.83. The van der Waals surface area contributed by atoms with Crippen LogP contribution in [0.25, 0.3) is 22.2 Å². The van der Waals surface area contributed by atoms with Crippen LogP contribution < -0.4 is 11.1 Å². The lowest BCUT2D eigenvalue weighted by atomic mass is 9.87. The van der Waals surface area contributed by atoms with Crippen LogP contribution in [0.5, 0.6) is 0 Å². The minimum atomic E-state index is -1.10. The highest BCUT2D eigenvalue weighted by Crippen LogP contribution is 2.32. The number of aliphatic hydroxyl groups excluding tert-OH is 2. The lowest BCUT2D eigenvalue weighted by Crippen LogP contribution is -2.40. The van der Waals surface area contributed by atoms with Crippen molar-refractivity contribution in [2.24, 2.45) is 0 Å². The first-order chi connectivity index (χ1) is 18.2. The molecule has 1 aromatic carbocycles. The van der Waals surface area contributed by atoms with Gasteiger partial charge in [0.25, 0.3) is 0 Å². The predicted molar refractivity (Wildman–Crippen MR) is 148 cm³/mol. The van der Waals surface area contributed by atoms with Crippen molar-refractivity contribution in [3.63, 3.8) is 0 Å². The molecule has 0 spiro atoms. The molecule has 1 saturated heterocycles. The van der Waals surface area contributed by atoms with Crippen molar-refractivity contribution in [1.82, 2.24) is 29.4 Å². The molecule has 1 fully saturated rings. The molecule has 0 amide bonds. The van der Waals surface area contributed by atoms with Gasteiger partial charge >= 0.3 is 0 Å². The van der Waals surface area contributed by atoms with Crippen LogP contribution in [0, 0.1) is 0 Å². The number of nitrogens with two attached hydrogens (primary N) is 1. The fraction of sp³-hybridized carbons (Fsp3) is 0.519. The number of likely N-dealkylation sites (N-methyl/N-ethyl adjacent to an activating group) is 1. The van der Waals surface area contributed by atoms with Crippen LogP contribution in [0.3, 0.4) is 0 Å². The van der Waals surface area contributed by atoms with Gasteiger partial charge in [-0.2, -0.15) is 0 Å². The number of nitrogens with zero attached hydrogens (tertiary/aromatic N) is 5. The Morgan fingerprint density at radius 1 is 1.18 bits per heavy atom. The van der Waals surface area contributed by atoms with Crippen LogP contribution in [0.2, 0.25) is 0 Å². The third-order valence-electron chi connectivity index (χ3n) is 7.28. The van der Waals surface area contributed by atoms with Crippen molar-refractivity contribution in [2.75, 3.05) is 37.2 Å². The van der Waals surface area contributed by atoms with E-state index in [-0.39, 0.29) is 5.41 Å². The third-order valence-corrected chi connectivity index (χ3v) is 7.28. The van der Waals surface area contributed by atoms with Crippen LogP contribution in [0.15, 0.2) is 36.8 Å². The van der Waals surface area contributed by atoms with Crippen molar-refractivity contribution in [3.8, 4) is 0 Å². The second-order valence-electron chi connectivity index (χ2n) is 11.0. The van der Waals surface area contributed by atoms with Crippen LogP contribution >= 0.6 is 0 Å². The maximum atomic E-state index is 10.8. The first kappa shape index (κ1) is 26.4. The van der Waals surface area contributed by atoms with Crippen molar-refractivity contribution < 1.29 is 14.9 Å². The molecule has 0 bridgehead atoms. The van der Waals surface area contributed by atoms with Gasteiger partial charge in [0.15, 0.2) is 11.9 Å². The van der Waals surface area contributed by atoms with E-state index < -0.39 is 24.5 Å². The molecule has 204 valence electrons. The van der Waals surface area contributed by atoms with Crippen molar-refractivity contribution in [1.29, 1.82) is 0 Å². The van der Waals surface area contributed by atoms with E-state index in [1.54, 1.807) is 23.2 Å². The molecule has 4 aromatic rings. The smallest absolute Gasteiger partial charge is 0.201 e. The number of aromatic amines is 1. The zero-order valence-corrected chi connectivity index (χ0v) is 22.4. The summed E-state index contributed by atoms with van der Waals surface area (Å²) >= 11 is 0. The first-order valence-electron chi connectivity index (χ1n) is 13.2. The van der Waals surface area contributed by atoms with Crippen LogP contribution in [0.4, 0.5) is 11.6 Å². The van der Waals surface area contributed by atoms with Gasteiger partial charge < -0.3 is 35.9 Å². The molecule has 0 aliphatic carbocycles. The maximum absolute atomic E-state index is 10.8. The number of pyridine rings is 1. The average molecular weight is 523 g/mol. The van der Waals surface area contributed by atoms with E-state index in [2.05, 4.69) is 76.0 Å². The number of rotatable bonds is 9. The van der Waals surface area contributed by atoms with Crippen molar-refractivity contribution in [2.45, 2.75) is 64.1 Å². The Kier molecular flexibility index (Phi) is 7.28. The Balaban J connectivity index is 1.15. The highest BCUT2D eigenvalue weighted by Gasteiger charge is 2.44. The van der Waals surface area contributed by atoms with E-state index in [0.717, 1.165) is 43.0 Å². The van der Waals surface area contributed by atoms with Gasteiger partial charge in [-0.3, -0.25) is 4.57 Å². The summed E-state index contributed by atoms with van der Waals surface area (Å²) in [6.45, 7) is 11.5. The number of imidazole rings is 2. The topological polar surface area (TPSA) is 150 Å². The zero-order valence-electron chi connectivity index (χ0n) is 22.4. The third kappa shape index (κ3) is 5.19. The van der Waals surface area contributed by atoms with Crippen molar-refractivity contribution in [3.05, 3.63) is 42.4 Å². The molecule has 5 rings (SSSR count). The van der Waals surface area contributed by atoms with Gasteiger partial charge in [0.05, 0.1) is 23.0 Å². The molecule has 3 aromatic heterocycles. The van der Waals surface area contributed by atoms with E-state index >= 15 is 0 Å². The van der Waals surface area contributed by atoms with Gasteiger partial charge in [-0.15, -0.1) is 0 Å². The molecule has 4 atom stereocenters. The van der Waals surface area contributed by atoms with Gasteiger partial charge in [-0.05, 0) is 48.7 Å². The summed E-state index contributed by atoms with van der Waals surface area (Å²) in [6, 6.07) is 8.03. The van der Waals surface area contributed by atoms with E-state index in [9.17, 15) is 10.2 Å². The molecule has 11 heteroatoms. The minimum absolute atomic E-state index is 0.0839. The molecule has 1 aliphatic rings. The molecule has 0 saturated carbocycles. The number of ether oxygens (including phenoxy) is 1. The maximum Gasteiger partial charge on any atom is 0.201 e. The highest BCUT2D eigenvalue weighted by atomic mass is 16.6. The number of anilines is 2. The minimum Gasteiger partial charge on any atom is -0.397 e. The van der Waals surface area contributed by atoms with Gasteiger partial charge in [0, 0.05) is 19.3 Å². The average Bonchev–Trinajstić information content (AvgIpc) is 3.57.